The fraction of sp³-hybridized carbons (Fsp3) is 0.263. The SMILES string of the molecule is Bc1ccc(O)c(CC=C)c1OCC1=CC(C)(C)C=CC=C1. The number of allylic oxidation sites excluding steroid dienone is 5. The lowest BCUT2D eigenvalue weighted by Crippen LogP contribution is -2.14. The Kier molecular flexibility index (Phi) is 4.97. The Bertz CT molecular complexity index is 652. The van der Waals surface area contributed by atoms with Crippen molar-refractivity contribution < 1.29 is 9.84 Å². The van der Waals surface area contributed by atoms with E-state index in [0.29, 0.717) is 13.0 Å². The summed E-state index contributed by atoms with van der Waals surface area (Å²) in [6, 6.07) is 3.58. The van der Waals surface area contributed by atoms with Gasteiger partial charge >= 0.3 is 0 Å². The van der Waals surface area contributed by atoms with E-state index >= 15 is 0 Å². The molecule has 22 heavy (non-hydrogen) atoms. The van der Waals surface area contributed by atoms with Crippen LogP contribution in [0, 0.1) is 5.41 Å². The first-order valence-electron chi connectivity index (χ1n) is 7.56. The third-order valence-electron chi connectivity index (χ3n) is 3.67. The van der Waals surface area contributed by atoms with Gasteiger partial charge in [0.2, 0.25) is 0 Å². The van der Waals surface area contributed by atoms with Crippen LogP contribution < -0.4 is 10.2 Å². The van der Waals surface area contributed by atoms with E-state index in [1.165, 1.54) is 0 Å². The molecule has 0 radical (unpaired) electrons. The highest BCUT2D eigenvalue weighted by molar-refractivity contribution is 6.34. The van der Waals surface area contributed by atoms with E-state index in [0.717, 1.165) is 22.3 Å². The van der Waals surface area contributed by atoms with Crippen molar-refractivity contribution in [3.8, 4) is 11.5 Å². The lowest BCUT2D eigenvalue weighted by atomic mass is 9.90. The molecule has 1 aromatic carbocycles. The average Bonchev–Trinajstić information content (AvgIpc) is 2.63. The molecule has 114 valence electrons. The summed E-state index contributed by atoms with van der Waals surface area (Å²) >= 11 is 0. The zero-order chi connectivity index (χ0) is 16.2. The maximum atomic E-state index is 10.0. The molecule has 0 heterocycles. The average molecular weight is 294 g/mol. The Morgan fingerprint density at radius 3 is 2.82 bits per heavy atom. The summed E-state index contributed by atoms with van der Waals surface area (Å²) in [5.41, 5.74) is 2.96. The summed E-state index contributed by atoms with van der Waals surface area (Å²) in [5.74, 6) is 1.01. The van der Waals surface area contributed by atoms with Gasteiger partial charge in [-0.2, -0.15) is 0 Å². The van der Waals surface area contributed by atoms with Crippen LogP contribution in [-0.4, -0.2) is 19.6 Å². The molecule has 0 saturated carbocycles. The van der Waals surface area contributed by atoms with Crippen molar-refractivity contribution in [3.63, 3.8) is 0 Å². The van der Waals surface area contributed by atoms with Crippen LogP contribution in [0.1, 0.15) is 19.4 Å². The predicted molar refractivity (Wildman–Crippen MR) is 95.8 cm³/mol. The van der Waals surface area contributed by atoms with Crippen molar-refractivity contribution in [2.24, 2.45) is 5.41 Å². The number of hydrogen-bond donors (Lipinski definition) is 1. The van der Waals surface area contributed by atoms with Crippen molar-refractivity contribution in [2.75, 3.05) is 6.61 Å². The largest absolute Gasteiger partial charge is 0.508 e. The minimum atomic E-state index is 0.0139. The number of hydrogen-bond acceptors (Lipinski definition) is 2. The van der Waals surface area contributed by atoms with E-state index in [1.54, 1.807) is 12.1 Å². The molecule has 0 amide bonds. The molecule has 1 aliphatic carbocycles. The molecule has 1 aromatic rings. The van der Waals surface area contributed by atoms with Crippen molar-refractivity contribution in [2.45, 2.75) is 20.3 Å². The van der Waals surface area contributed by atoms with Crippen molar-refractivity contribution in [1.82, 2.24) is 0 Å². The summed E-state index contributed by atoms with van der Waals surface area (Å²) in [6.07, 6.45) is 12.9. The summed E-state index contributed by atoms with van der Waals surface area (Å²) in [6.45, 7) is 8.57. The van der Waals surface area contributed by atoms with Gasteiger partial charge in [-0.15, -0.1) is 6.58 Å². The van der Waals surface area contributed by atoms with Crippen molar-refractivity contribution >= 4 is 13.3 Å². The minimum absolute atomic E-state index is 0.0139. The number of aromatic hydroxyl groups is 1. The normalized spacial score (nSPS) is 16.0. The number of benzene rings is 1. The summed E-state index contributed by atoms with van der Waals surface area (Å²) in [5, 5.41) is 10.0. The first-order valence-corrected chi connectivity index (χ1v) is 7.56. The number of phenols is 1. The van der Waals surface area contributed by atoms with Crippen LogP contribution in [0.5, 0.6) is 11.5 Å². The molecular weight excluding hydrogens is 271 g/mol. The van der Waals surface area contributed by atoms with Gasteiger partial charge in [0, 0.05) is 11.0 Å². The zero-order valence-corrected chi connectivity index (χ0v) is 13.6. The molecule has 0 unspecified atom stereocenters. The van der Waals surface area contributed by atoms with Gasteiger partial charge in [-0.25, -0.2) is 0 Å². The smallest absolute Gasteiger partial charge is 0.144 e. The van der Waals surface area contributed by atoms with Crippen LogP contribution in [0.2, 0.25) is 0 Å². The van der Waals surface area contributed by atoms with Crippen LogP contribution in [0.4, 0.5) is 0 Å². The predicted octanol–water partition coefficient (Wildman–Crippen LogP) is 2.84. The van der Waals surface area contributed by atoms with Crippen LogP contribution in [0.25, 0.3) is 0 Å². The lowest BCUT2D eigenvalue weighted by Gasteiger charge is -2.18. The summed E-state index contributed by atoms with van der Waals surface area (Å²) < 4.78 is 6.03. The second kappa shape index (κ2) is 6.74. The molecule has 0 aromatic heterocycles. The molecule has 0 bridgehead atoms. The Labute approximate surface area is 133 Å². The second-order valence-corrected chi connectivity index (χ2v) is 6.25. The molecule has 3 heteroatoms. The van der Waals surface area contributed by atoms with Crippen molar-refractivity contribution in [3.05, 3.63) is 66.3 Å². The molecule has 0 spiro atoms. The number of ether oxygens (including phenoxy) is 1. The van der Waals surface area contributed by atoms with Crippen LogP contribution in [0.15, 0.2) is 60.7 Å². The van der Waals surface area contributed by atoms with Gasteiger partial charge in [0.15, 0.2) is 0 Å². The topological polar surface area (TPSA) is 29.5 Å². The molecule has 0 fully saturated rings. The molecular formula is C19H23BO2. The Morgan fingerprint density at radius 1 is 1.32 bits per heavy atom. The molecule has 2 rings (SSSR count). The number of rotatable bonds is 5. The van der Waals surface area contributed by atoms with Crippen molar-refractivity contribution in [1.29, 1.82) is 0 Å². The maximum absolute atomic E-state index is 10.0. The molecule has 2 nitrogen and oxygen atoms in total. The quantitative estimate of drug-likeness (QED) is 0.668. The fourth-order valence-corrected chi connectivity index (χ4v) is 2.58. The van der Waals surface area contributed by atoms with Gasteiger partial charge in [-0.1, -0.05) is 56.4 Å². The van der Waals surface area contributed by atoms with Gasteiger partial charge in [-0.05, 0) is 23.5 Å². The third kappa shape index (κ3) is 3.94. The summed E-state index contributed by atoms with van der Waals surface area (Å²) in [4.78, 5) is 0. The molecule has 0 aliphatic heterocycles. The summed E-state index contributed by atoms with van der Waals surface area (Å²) in [7, 11) is 1.99. The Balaban J connectivity index is 2.23. The van der Waals surface area contributed by atoms with Crippen LogP contribution in [-0.2, 0) is 6.42 Å². The van der Waals surface area contributed by atoms with Gasteiger partial charge in [0.25, 0.3) is 0 Å². The first-order chi connectivity index (χ1) is 10.4. The first kappa shape index (κ1) is 16.2. The van der Waals surface area contributed by atoms with E-state index < -0.39 is 0 Å². The van der Waals surface area contributed by atoms with E-state index in [-0.39, 0.29) is 11.2 Å². The minimum Gasteiger partial charge on any atom is -0.508 e. The van der Waals surface area contributed by atoms with E-state index in [9.17, 15) is 5.11 Å². The van der Waals surface area contributed by atoms with Crippen LogP contribution >= 0.6 is 0 Å². The standard InChI is InChI=1S/C19H23BO2/c1-4-7-15-17(21)10-9-16(20)18(15)22-13-14-8-5-6-11-19(2,3)12-14/h4-6,8-12,21H,1,7,13,20H2,2-3H3. The maximum Gasteiger partial charge on any atom is 0.144 e. The monoisotopic (exact) mass is 294 g/mol. The molecule has 0 atom stereocenters. The van der Waals surface area contributed by atoms with E-state index in [2.05, 4.69) is 44.7 Å². The third-order valence-corrected chi connectivity index (χ3v) is 3.67. The van der Waals surface area contributed by atoms with Gasteiger partial charge in [0.05, 0.1) is 0 Å². The van der Waals surface area contributed by atoms with Gasteiger partial charge in [0.1, 0.15) is 26.0 Å². The molecule has 1 aliphatic rings. The molecule has 0 saturated heterocycles. The lowest BCUT2D eigenvalue weighted by molar-refractivity contribution is 0.349. The van der Waals surface area contributed by atoms with Gasteiger partial charge < -0.3 is 9.84 Å². The van der Waals surface area contributed by atoms with E-state index in [1.807, 2.05) is 20.0 Å². The highest BCUT2D eigenvalue weighted by atomic mass is 16.5. The van der Waals surface area contributed by atoms with Crippen LogP contribution in [0.3, 0.4) is 0 Å². The number of phenolic OH excluding ortho intramolecular Hbond substituents is 1. The Morgan fingerprint density at radius 2 is 2.09 bits per heavy atom. The Hall–Kier alpha value is -2.16. The highest BCUT2D eigenvalue weighted by Gasteiger charge is 2.15. The second-order valence-electron chi connectivity index (χ2n) is 6.25. The fourth-order valence-electron chi connectivity index (χ4n) is 2.58. The zero-order valence-electron chi connectivity index (χ0n) is 13.6. The highest BCUT2D eigenvalue weighted by Crippen LogP contribution is 2.28. The van der Waals surface area contributed by atoms with E-state index in [4.69, 9.17) is 4.74 Å². The van der Waals surface area contributed by atoms with Gasteiger partial charge in [-0.3, -0.25) is 0 Å². The molecule has 1 N–H and O–H groups in total.